The van der Waals surface area contributed by atoms with Crippen molar-refractivity contribution in [2.45, 2.75) is 26.2 Å². The molecule has 0 N–H and O–H groups in total. The Morgan fingerprint density at radius 2 is 2.37 bits per heavy atom. The molecular weight excluding hydrogens is 246 g/mol. The van der Waals surface area contributed by atoms with Gasteiger partial charge in [-0.1, -0.05) is 11.2 Å². The maximum atomic E-state index is 11.6. The maximum absolute atomic E-state index is 11.6. The molecule has 6 heteroatoms. The van der Waals surface area contributed by atoms with Gasteiger partial charge in [0.25, 0.3) is 0 Å². The summed E-state index contributed by atoms with van der Waals surface area (Å²) in [6, 6.07) is 3.77. The molecule has 100 valence electrons. The molecule has 19 heavy (non-hydrogen) atoms. The Bertz CT molecular complexity index is 539. The number of ether oxygens (including phenoxy) is 1. The second-order valence-corrected chi connectivity index (χ2v) is 4.06. The molecule has 0 bridgehead atoms. The molecule has 0 amide bonds. The highest BCUT2D eigenvalue weighted by molar-refractivity contribution is 5.76. The fraction of sp³-hybridized carbons (Fsp3) is 0.385. The van der Waals surface area contributed by atoms with E-state index in [0.717, 1.165) is 5.56 Å². The summed E-state index contributed by atoms with van der Waals surface area (Å²) >= 11 is 0. The summed E-state index contributed by atoms with van der Waals surface area (Å²) in [7, 11) is 0. The number of rotatable bonds is 5. The molecule has 1 unspecified atom stereocenters. The van der Waals surface area contributed by atoms with E-state index in [9.17, 15) is 4.79 Å². The summed E-state index contributed by atoms with van der Waals surface area (Å²) < 4.78 is 9.99. The van der Waals surface area contributed by atoms with Gasteiger partial charge in [0.2, 0.25) is 5.89 Å². The zero-order chi connectivity index (χ0) is 13.7. The predicted octanol–water partition coefficient (Wildman–Crippen LogP) is 1.72. The Balaban J connectivity index is 2.05. The summed E-state index contributed by atoms with van der Waals surface area (Å²) in [5.41, 5.74) is 0.985. The summed E-state index contributed by atoms with van der Waals surface area (Å²) in [6.45, 7) is 3.77. The molecule has 0 aliphatic heterocycles. The minimum absolute atomic E-state index is 0.275. The first-order valence-electron chi connectivity index (χ1n) is 6.08. The lowest BCUT2D eigenvalue weighted by Crippen LogP contribution is -2.13. The lowest BCUT2D eigenvalue weighted by molar-refractivity contribution is -0.145. The van der Waals surface area contributed by atoms with Gasteiger partial charge in [0.05, 0.1) is 6.61 Å². The molecule has 0 aromatic carbocycles. The van der Waals surface area contributed by atoms with Crippen molar-refractivity contribution in [3.63, 3.8) is 0 Å². The van der Waals surface area contributed by atoms with E-state index < -0.39 is 5.92 Å². The van der Waals surface area contributed by atoms with Crippen molar-refractivity contribution >= 4 is 5.97 Å². The van der Waals surface area contributed by atoms with Crippen molar-refractivity contribution in [1.29, 1.82) is 0 Å². The fourth-order valence-corrected chi connectivity index (χ4v) is 1.57. The molecule has 2 rings (SSSR count). The smallest absolute Gasteiger partial charge is 0.318 e. The largest absolute Gasteiger partial charge is 0.465 e. The molecule has 2 aromatic rings. The molecule has 0 radical (unpaired) electrons. The standard InChI is InChI=1S/C13H15N3O3/c1-3-18-13(17)9(2)12-15-11(16-19-12)7-10-5-4-6-14-8-10/h4-6,8-9H,3,7H2,1-2H3. The van der Waals surface area contributed by atoms with Crippen LogP contribution in [0.1, 0.15) is 37.0 Å². The van der Waals surface area contributed by atoms with E-state index in [-0.39, 0.29) is 11.9 Å². The van der Waals surface area contributed by atoms with Crippen molar-refractivity contribution in [3.8, 4) is 0 Å². The Morgan fingerprint density at radius 1 is 1.53 bits per heavy atom. The first-order chi connectivity index (χ1) is 9.20. The molecule has 0 saturated carbocycles. The van der Waals surface area contributed by atoms with Gasteiger partial charge < -0.3 is 9.26 Å². The fourth-order valence-electron chi connectivity index (χ4n) is 1.57. The SMILES string of the molecule is CCOC(=O)C(C)c1nc(Cc2cccnc2)no1. The number of aromatic nitrogens is 3. The zero-order valence-corrected chi connectivity index (χ0v) is 10.9. The van der Waals surface area contributed by atoms with E-state index in [0.29, 0.717) is 18.9 Å². The van der Waals surface area contributed by atoms with Gasteiger partial charge in [-0.15, -0.1) is 0 Å². The van der Waals surface area contributed by atoms with Gasteiger partial charge in [-0.05, 0) is 25.5 Å². The normalized spacial score (nSPS) is 12.1. The van der Waals surface area contributed by atoms with Crippen LogP contribution in [0.15, 0.2) is 29.0 Å². The third kappa shape index (κ3) is 3.37. The highest BCUT2D eigenvalue weighted by Gasteiger charge is 2.23. The lowest BCUT2D eigenvalue weighted by atomic mass is 10.2. The first kappa shape index (κ1) is 13.2. The quantitative estimate of drug-likeness (QED) is 0.762. The van der Waals surface area contributed by atoms with E-state index in [1.54, 1.807) is 26.2 Å². The first-order valence-corrected chi connectivity index (χ1v) is 6.08. The number of carbonyl (C=O) groups is 1. The van der Waals surface area contributed by atoms with E-state index in [2.05, 4.69) is 15.1 Å². The van der Waals surface area contributed by atoms with E-state index in [1.165, 1.54) is 0 Å². The van der Waals surface area contributed by atoms with Gasteiger partial charge in [0, 0.05) is 18.8 Å². The minimum atomic E-state index is -0.546. The van der Waals surface area contributed by atoms with Crippen LogP contribution >= 0.6 is 0 Å². The van der Waals surface area contributed by atoms with E-state index in [1.807, 2.05) is 12.1 Å². The topological polar surface area (TPSA) is 78.1 Å². The predicted molar refractivity (Wildman–Crippen MR) is 66.4 cm³/mol. The van der Waals surface area contributed by atoms with Crippen LogP contribution in [-0.4, -0.2) is 27.7 Å². The van der Waals surface area contributed by atoms with Crippen LogP contribution in [0.2, 0.25) is 0 Å². The van der Waals surface area contributed by atoms with Crippen LogP contribution in [-0.2, 0) is 16.0 Å². The number of nitrogens with zero attached hydrogens (tertiary/aromatic N) is 3. The molecule has 0 fully saturated rings. The van der Waals surface area contributed by atoms with Gasteiger partial charge in [-0.3, -0.25) is 9.78 Å². The average molecular weight is 261 g/mol. The number of carbonyl (C=O) groups excluding carboxylic acids is 1. The van der Waals surface area contributed by atoms with Crippen LogP contribution in [0.3, 0.4) is 0 Å². The Labute approximate surface area is 110 Å². The molecule has 1 atom stereocenters. The van der Waals surface area contributed by atoms with Crippen molar-refractivity contribution in [3.05, 3.63) is 41.8 Å². The van der Waals surface area contributed by atoms with Crippen LogP contribution in [0.4, 0.5) is 0 Å². The molecule has 2 aromatic heterocycles. The molecule has 6 nitrogen and oxygen atoms in total. The number of hydrogen-bond donors (Lipinski definition) is 0. The van der Waals surface area contributed by atoms with Crippen molar-refractivity contribution in [2.75, 3.05) is 6.61 Å². The van der Waals surface area contributed by atoms with Gasteiger partial charge in [-0.2, -0.15) is 4.98 Å². The van der Waals surface area contributed by atoms with Crippen LogP contribution in [0.5, 0.6) is 0 Å². The zero-order valence-electron chi connectivity index (χ0n) is 10.9. The third-order valence-electron chi connectivity index (χ3n) is 2.58. The maximum Gasteiger partial charge on any atom is 0.318 e. The Morgan fingerprint density at radius 3 is 3.05 bits per heavy atom. The molecule has 0 spiro atoms. The van der Waals surface area contributed by atoms with E-state index >= 15 is 0 Å². The molecular formula is C13H15N3O3. The van der Waals surface area contributed by atoms with Crippen LogP contribution < -0.4 is 0 Å². The average Bonchev–Trinajstić information content (AvgIpc) is 2.88. The summed E-state index contributed by atoms with van der Waals surface area (Å²) in [4.78, 5) is 19.8. The summed E-state index contributed by atoms with van der Waals surface area (Å²) in [5.74, 6) is -0.106. The number of pyridine rings is 1. The second kappa shape index (κ2) is 6.08. The van der Waals surface area contributed by atoms with Gasteiger partial charge in [-0.25, -0.2) is 0 Å². The number of hydrogen-bond acceptors (Lipinski definition) is 6. The van der Waals surface area contributed by atoms with Crippen LogP contribution in [0.25, 0.3) is 0 Å². The van der Waals surface area contributed by atoms with E-state index in [4.69, 9.17) is 9.26 Å². The van der Waals surface area contributed by atoms with Gasteiger partial charge in [0.15, 0.2) is 5.82 Å². The van der Waals surface area contributed by atoms with Crippen LogP contribution in [0, 0.1) is 0 Å². The van der Waals surface area contributed by atoms with Crippen molar-refractivity contribution in [2.24, 2.45) is 0 Å². The molecule has 2 heterocycles. The molecule has 0 aliphatic carbocycles. The number of esters is 1. The summed E-state index contributed by atoms with van der Waals surface area (Å²) in [5, 5.41) is 3.85. The van der Waals surface area contributed by atoms with Gasteiger partial charge >= 0.3 is 5.97 Å². The van der Waals surface area contributed by atoms with Crippen molar-refractivity contribution in [1.82, 2.24) is 15.1 Å². The highest BCUT2D eigenvalue weighted by Crippen LogP contribution is 2.15. The molecule has 0 aliphatic rings. The lowest BCUT2D eigenvalue weighted by Gasteiger charge is -2.04. The third-order valence-corrected chi connectivity index (χ3v) is 2.58. The highest BCUT2D eigenvalue weighted by atomic mass is 16.5. The van der Waals surface area contributed by atoms with Gasteiger partial charge in [0.1, 0.15) is 5.92 Å². The Kier molecular flexibility index (Phi) is 4.22. The Hall–Kier alpha value is -2.24. The minimum Gasteiger partial charge on any atom is -0.465 e. The monoisotopic (exact) mass is 261 g/mol. The van der Waals surface area contributed by atoms with Crippen molar-refractivity contribution < 1.29 is 14.1 Å². The second-order valence-electron chi connectivity index (χ2n) is 4.06. The molecule has 0 saturated heterocycles. The summed E-state index contributed by atoms with van der Waals surface area (Å²) in [6.07, 6.45) is 3.96.